The SMILES string of the molecule is CC(C)C(=Nc1ccccc1C(F)(F)F)c1ccccc1. The fourth-order valence-electron chi connectivity index (χ4n) is 2.08. The van der Waals surface area contributed by atoms with Crippen LogP contribution in [0.4, 0.5) is 18.9 Å². The number of hydrogen-bond donors (Lipinski definition) is 0. The number of aliphatic imine (C=N–C) groups is 1. The van der Waals surface area contributed by atoms with Gasteiger partial charge in [0.25, 0.3) is 0 Å². The zero-order valence-corrected chi connectivity index (χ0v) is 11.9. The van der Waals surface area contributed by atoms with Crippen molar-refractivity contribution in [2.45, 2.75) is 20.0 Å². The largest absolute Gasteiger partial charge is 0.418 e. The minimum absolute atomic E-state index is 0.0219. The Morgan fingerprint density at radius 1 is 0.905 bits per heavy atom. The summed E-state index contributed by atoms with van der Waals surface area (Å²) in [5.41, 5.74) is 0.730. The molecule has 0 bridgehead atoms. The van der Waals surface area contributed by atoms with E-state index in [0.29, 0.717) is 5.71 Å². The summed E-state index contributed by atoms with van der Waals surface area (Å²) in [4.78, 5) is 4.29. The Balaban J connectivity index is 2.55. The summed E-state index contributed by atoms with van der Waals surface area (Å²) in [6.45, 7) is 3.84. The van der Waals surface area contributed by atoms with E-state index in [9.17, 15) is 13.2 Å². The smallest absolute Gasteiger partial charge is 0.252 e. The quantitative estimate of drug-likeness (QED) is 0.664. The van der Waals surface area contributed by atoms with Gasteiger partial charge in [-0.25, -0.2) is 0 Å². The molecule has 0 aliphatic rings. The Labute approximate surface area is 122 Å². The molecule has 0 unspecified atom stereocenters. The molecule has 0 amide bonds. The molecule has 110 valence electrons. The molecular weight excluding hydrogens is 275 g/mol. The van der Waals surface area contributed by atoms with E-state index in [1.54, 1.807) is 6.07 Å². The summed E-state index contributed by atoms with van der Waals surface area (Å²) in [5, 5.41) is 0. The zero-order chi connectivity index (χ0) is 15.5. The molecule has 1 nitrogen and oxygen atoms in total. The van der Waals surface area contributed by atoms with Crippen molar-refractivity contribution in [3.63, 3.8) is 0 Å². The summed E-state index contributed by atoms with van der Waals surface area (Å²) in [7, 11) is 0. The van der Waals surface area contributed by atoms with Crippen LogP contribution in [0.5, 0.6) is 0 Å². The predicted molar refractivity (Wildman–Crippen MR) is 78.9 cm³/mol. The van der Waals surface area contributed by atoms with Crippen LogP contribution in [0.3, 0.4) is 0 Å². The van der Waals surface area contributed by atoms with E-state index >= 15 is 0 Å². The number of alkyl halides is 3. The van der Waals surface area contributed by atoms with E-state index in [4.69, 9.17) is 0 Å². The lowest BCUT2D eigenvalue weighted by molar-refractivity contribution is -0.137. The van der Waals surface area contributed by atoms with Gasteiger partial charge < -0.3 is 0 Å². The van der Waals surface area contributed by atoms with Crippen molar-refractivity contribution in [3.05, 3.63) is 65.7 Å². The van der Waals surface area contributed by atoms with Gasteiger partial charge in [-0.05, 0) is 23.6 Å². The maximum absolute atomic E-state index is 13.0. The molecule has 0 heterocycles. The highest BCUT2D eigenvalue weighted by Crippen LogP contribution is 2.36. The van der Waals surface area contributed by atoms with Crippen molar-refractivity contribution in [2.24, 2.45) is 10.9 Å². The van der Waals surface area contributed by atoms with Gasteiger partial charge in [0.2, 0.25) is 0 Å². The Bertz CT molecular complexity index is 628. The van der Waals surface area contributed by atoms with Gasteiger partial charge in [0.1, 0.15) is 0 Å². The number of benzene rings is 2. The number of para-hydroxylation sites is 1. The highest BCUT2D eigenvalue weighted by molar-refractivity contribution is 6.03. The first-order valence-corrected chi connectivity index (χ1v) is 6.70. The maximum Gasteiger partial charge on any atom is 0.418 e. The van der Waals surface area contributed by atoms with Gasteiger partial charge >= 0.3 is 6.18 Å². The first-order chi connectivity index (χ1) is 9.89. The van der Waals surface area contributed by atoms with Crippen LogP contribution in [0.2, 0.25) is 0 Å². The van der Waals surface area contributed by atoms with E-state index in [1.165, 1.54) is 12.1 Å². The molecule has 2 rings (SSSR count). The maximum atomic E-state index is 13.0. The van der Waals surface area contributed by atoms with Gasteiger partial charge in [-0.3, -0.25) is 4.99 Å². The lowest BCUT2D eigenvalue weighted by Gasteiger charge is -2.14. The van der Waals surface area contributed by atoms with Crippen LogP contribution in [0, 0.1) is 5.92 Å². The van der Waals surface area contributed by atoms with Gasteiger partial charge in [0.05, 0.1) is 17.0 Å². The zero-order valence-electron chi connectivity index (χ0n) is 11.9. The van der Waals surface area contributed by atoms with E-state index < -0.39 is 11.7 Å². The summed E-state index contributed by atoms with van der Waals surface area (Å²) >= 11 is 0. The average molecular weight is 291 g/mol. The van der Waals surface area contributed by atoms with Gasteiger partial charge in [0.15, 0.2) is 0 Å². The summed E-state index contributed by atoms with van der Waals surface area (Å²) in [6, 6.07) is 14.7. The predicted octanol–water partition coefficient (Wildman–Crippen LogP) is 5.48. The summed E-state index contributed by atoms with van der Waals surface area (Å²) in [6.07, 6.45) is -4.40. The van der Waals surface area contributed by atoms with E-state index in [0.717, 1.165) is 11.6 Å². The molecule has 21 heavy (non-hydrogen) atoms. The van der Waals surface area contributed by atoms with Crippen molar-refractivity contribution < 1.29 is 13.2 Å². The van der Waals surface area contributed by atoms with Crippen molar-refractivity contribution in [2.75, 3.05) is 0 Å². The molecule has 0 saturated heterocycles. The summed E-state index contributed by atoms with van der Waals surface area (Å²) in [5.74, 6) is 0.0219. The van der Waals surface area contributed by atoms with E-state index in [2.05, 4.69) is 4.99 Å². The molecule has 0 radical (unpaired) electrons. The Morgan fingerprint density at radius 2 is 1.48 bits per heavy atom. The molecule has 0 N–H and O–H groups in total. The normalized spacial score (nSPS) is 12.8. The molecule has 0 atom stereocenters. The standard InChI is InChI=1S/C17H16F3N/c1-12(2)16(13-8-4-3-5-9-13)21-15-11-7-6-10-14(15)17(18,19)20/h3-12H,1-2H3. The number of rotatable bonds is 3. The highest BCUT2D eigenvalue weighted by Gasteiger charge is 2.33. The molecule has 0 aliphatic carbocycles. The first-order valence-electron chi connectivity index (χ1n) is 6.70. The van der Waals surface area contributed by atoms with Crippen LogP contribution in [0.1, 0.15) is 25.0 Å². The highest BCUT2D eigenvalue weighted by atomic mass is 19.4. The molecule has 2 aromatic rings. The molecule has 0 saturated carbocycles. The number of halogens is 3. The topological polar surface area (TPSA) is 12.4 Å². The number of hydrogen-bond acceptors (Lipinski definition) is 1. The van der Waals surface area contributed by atoms with Crippen LogP contribution in [-0.2, 0) is 6.18 Å². The monoisotopic (exact) mass is 291 g/mol. The van der Waals surface area contributed by atoms with Crippen molar-refractivity contribution >= 4 is 11.4 Å². The third-order valence-corrected chi connectivity index (χ3v) is 3.07. The van der Waals surface area contributed by atoms with Crippen LogP contribution >= 0.6 is 0 Å². The van der Waals surface area contributed by atoms with Gasteiger partial charge in [-0.1, -0.05) is 56.3 Å². The van der Waals surface area contributed by atoms with Crippen molar-refractivity contribution in [3.8, 4) is 0 Å². The Hall–Kier alpha value is -2.10. The van der Waals surface area contributed by atoms with Crippen LogP contribution < -0.4 is 0 Å². The Kier molecular flexibility index (Phi) is 4.46. The lowest BCUT2D eigenvalue weighted by Crippen LogP contribution is -2.10. The second kappa shape index (κ2) is 6.12. The van der Waals surface area contributed by atoms with Crippen molar-refractivity contribution in [1.29, 1.82) is 0 Å². The fourth-order valence-corrected chi connectivity index (χ4v) is 2.08. The third-order valence-electron chi connectivity index (χ3n) is 3.07. The summed E-state index contributed by atoms with van der Waals surface area (Å²) < 4.78 is 39.1. The second-order valence-electron chi connectivity index (χ2n) is 5.03. The molecule has 0 aromatic heterocycles. The average Bonchev–Trinajstić information content (AvgIpc) is 2.44. The second-order valence-corrected chi connectivity index (χ2v) is 5.03. The van der Waals surface area contributed by atoms with E-state index in [-0.39, 0.29) is 11.6 Å². The molecule has 4 heteroatoms. The molecular formula is C17H16F3N. The third kappa shape index (κ3) is 3.72. The van der Waals surface area contributed by atoms with Crippen LogP contribution in [0.15, 0.2) is 59.6 Å². The van der Waals surface area contributed by atoms with Crippen LogP contribution in [-0.4, -0.2) is 5.71 Å². The molecule has 0 aliphatic heterocycles. The molecule has 2 aromatic carbocycles. The molecule has 0 spiro atoms. The first kappa shape index (κ1) is 15.3. The lowest BCUT2D eigenvalue weighted by atomic mass is 9.99. The van der Waals surface area contributed by atoms with Gasteiger partial charge in [-0.2, -0.15) is 13.2 Å². The van der Waals surface area contributed by atoms with E-state index in [1.807, 2.05) is 44.2 Å². The van der Waals surface area contributed by atoms with Crippen LogP contribution in [0.25, 0.3) is 0 Å². The minimum Gasteiger partial charge on any atom is -0.252 e. The van der Waals surface area contributed by atoms with Crippen molar-refractivity contribution in [1.82, 2.24) is 0 Å². The van der Waals surface area contributed by atoms with Gasteiger partial charge in [-0.15, -0.1) is 0 Å². The molecule has 0 fully saturated rings. The number of nitrogens with zero attached hydrogens (tertiary/aromatic N) is 1. The minimum atomic E-state index is -4.40. The fraction of sp³-hybridized carbons (Fsp3) is 0.235. The Morgan fingerprint density at radius 3 is 2.05 bits per heavy atom. The van der Waals surface area contributed by atoms with Gasteiger partial charge in [0, 0.05) is 0 Å².